The van der Waals surface area contributed by atoms with E-state index in [0.717, 1.165) is 0 Å². The Kier molecular flexibility index (Phi) is 5.83. The van der Waals surface area contributed by atoms with Gasteiger partial charge in [-0.2, -0.15) is 4.31 Å². The van der Waals surface area contributed by atoms with Gasteiger partial charge in [0, 0.05) is 37.8 Å². The van der Waals surface area contributed by atoms with E-state index in [9.17, 15) is 13.2 Å². The number of hydrogen-bond donors (Lipinski definition) is 0. The fraction of sp³-hybridized carbons (Fsp3) is 0.381. The van der Waals surface area contributed by atoms with E-state index >= 15 is 0 Å². The van der Waals surface area contributed by atoms with Crippen LogP contribution in [-0.4, -0.2) is 69.5 Å². The summed E-state index contributed by atoms with van der Waals surface area (Å²) in [5, 5.41) is 0. The SMILES string of the molecule is CCOc1ccc(C(=O)N2CCN(S(=O)(=O)c3ccc4c(c3)OCCO4)CC2)cc1. The molecule has 1 fully saturated rings. The van der Waals surface area contributed by atoms with Crippen LogP contribution >= 0.6 is 0 Å². The van der Waals surface area contributed by atoms with Gasteiger partial charge in [-0.05, 0) is 43.3 Å². The number of hydrogen-bond acceptors (Lipinski definition) is 6. The number of piperazine rings is 1. The fourth-order valence-corrected chi connectivity index (χ4v) is 4.95. The zero-order chi connectivity index (χ0) is 21.1. The first-order valence-electron chi connectivity index (χ1n) is 9.91. The Bertz CT molecular complexity index is 1010. The maximum absolute atomic E-state index is 13.0. The molecule has 30 heavy (non-hydrogen) atoms. The Hall–Kier alpha value is -2.78. The minimum absolute atomic E-state index is 0.116. The molecule has 0 aromatic heterocycles. The highest BCUT2D eigenvalue weighted by molar-refractivity contribution is 7.89. The predicted octanol–water partition coefficient (Wildman–Crippen LogP) is 2.00. The molecule has 0 aliphatic carbocycles. The molecule has 2 aliphatic rings. The first-order chi connectivity index (χ1) is 14.5. The second-order valence-electron chi connectivity index (χ2n) is 6.96. The minimum Gasteiger partial charge on any atom is -0.494 e. The molecule has 1 amide bonds. The Morgan fingerprint density at radius 1 is 0.967 bits per heavy atom. The molecule has 2 aromatic rings. The van der Waals surface area contributed by atoms with E-state index in [-0.39, 0.29) is 23.9 Å². The normalized spacial score (nSPS) is 16.9. The number of amides is 1. The van der Waals surface area contributed by atoms with Crippen molar-refractivity contribution in [1.29, 1.82) is 0 Å². The third kappa shape index (κ3) is 4.08. The lowest BCUT2D eigenvalue weighted by atomic mass is 10.2. The number of nitrogens with zero attached hydrogens (tertiary/aromatic N) is 2. The second kappa shape index (κ2) is 8.53. The number of carbonyl (C=O) groups excluding carboxylic acids is 1. The third-order valence-corrected chi connectivity index (χ3v) is 6.98. The van der Waals surface area contributed by atoms with Crippen LogP contribution in [0.5, 0.6) is 17.2 Å². The van der Waals surface area contributed by atoms with Gasteiger partial charge in [-0.1, -0.05) is 0 Å². The number of fused-ring (bicyclic) bond motifs is 1. The smallest absolute Gasteiger partial charge is 0.253 e. The topological polar surface area (TPSA) is 85.4 Å². The number of benzene rings is 2. The van der Waals surface area contributed by atoms with Gasteiger partial charge in [-0.15, -0.1) is 0 Å². The van der Waals surface area contributed by atoms with Crippen LogP contribution in [0.25, 0.3) is 0 Å². The lowest BCUT2D eigenvalue weighted by Gasteiger charge is -2.34. The van der Waals surface area contributed by atoms with Gasteiger partial charge in [-0.25, -0.2) is 8.42 Å². The highest BCUT2D eigenvalue weighted by atomic mass is 32.2. The Morgan fingerprint density at radius 3 is 2.30 bits per heavy atom. The number of ether oxygens (including phenoxy) is 3. The van der Waals surface area contributed by atoms with Crippen molar-refractivity contribution in [1.82, 2.24) is 9.21 Å². The van der Waals surface area contributed by atoms with Crippen molar-refractivity contribution in [2.75, 3.05) is 46.0 Å². The largest absolute Gasteiger partial charge is 0.494 e. The molecule has 0 atom stereocenters. The predicted molar refractivity (Wildman–Crippen MR) is 110 cm³/mol. The van der Waals surface area contributed by atoms with Gasteiger partial charge < -0.3 is 19.1 Å². The Labute approximate surface area is 176 Å². The molecule has 0 spiro atoms. The van der Waals surface area contributed by atoms with Crippen LogP contribution in [0.15, 0.2) is 47.4 Å². The molecule has 2 aromatic carbocycles. The maximum Gasteiger partial charge on any atom is 0.253 e. The van der Waals surface area contributed by atoms with Gasteiger partial charge in [-0.3, -0.25) is 4.79 Å². The summed E-state index contributed by atoms with van der Waals surface area (Å²) >= 11 is 0. The highest BCUT2D eigenvalue weighted by Crippen LogP contribution is 2.33. The van der Waals surface area contributed by atoms with Crippen molar-refractivity contribution in [3.05, 3.63) is 48.0 Å². The van der Waals surface area contributed by atoms with Crippen LogP contribution < -0.4 is 14.2 Å². The van der Waals surface area contributed by atoms with Gasteiger partial charge in [0.2, 0.25) is 10.0 Å². The quantitative estimate of drug-likeness (QED) is 0.719. The molecule has 0 radical (unpaired) electrons. The van der Waals surface area contributed by atoms with Crippen molar-refractivity contribution in [3.8, 4) is 17.2 Å². The molecular formula is C21H24N2O6S. The van der Waals surface area contributed by atoms with E-state index in [1.165, 1.54) is 16.4 Å². The van der Waals surface area contributed by atoms with Crippen molar-refractivity contribution in [3.63, 3.8) is 0 Å². The second-order valence-corrected chi connectivity index (χ2v) is 8.90. The van der Waals surface area contributed by atoms with Gasteiger partial charge in [0.15, 0.2) is 11.5 Å². The zero-order valence-corrected chi connectivity index (χ0v) is 17.6. The van der Waals surface area contributed by atoms with Crippen molar-refractivity contribution in [2.24, 2.45) is 0 Å². The molecule has 0 bridgehead atoms. The molecule has 1 saturated heterocycles. The first kappa shape index (κ1) is 20.5. The van der Waals surface area contributed by atoms with Crippen molar-refractivity contribution >= 4 is 15.9 Å². The van der Waals surface area contributed by atoms with Crippen LogP contribution in [-0.2, 0) is 10.0 Å². The number of rotatable bonds is 5. The fourth-order valence-electron chi connectivity index (χ4n) is 3.51. The minimum atomic E-state index is -3.68. The van der Waals surface area contributed by atoms with Gasteiger partial charge >= 0.3 is 0 Å². The van der Waals surface area contributed by atoms with Gasteiger partial charge in [0.25, 0.3) is 5.91 Å². The first-order valence-corrected chi connectivity index (χ1v) is 11.3. The molecule has 2 heterocycles. The number of carbonyl (C=O) groups is 1. The lowest BCUT2D eigenvalue weighted by Crippen LogP contribution is -2.50. The third-order valence-electron chi connectivity index (χ3n) is 5.09. The number of sulfonamides is 1. The Morgan fingerprint density at radius 2 is 1.63 bits per heavy atom. The van der Waals surface area contributed by atoms with Crippen LogP contribution in [0.2, 0.25) is 0 Å². The standard InChI is InChI=1S/C21H24N2O6S/c1-2-27-17-5-3-16(4-6-17)21(24)22-9-11-23(12-10-22)30(25,26)18-7-8-19-20(15-18)29-14-13-28-19/h3-8,15H,2,9-14H2,1H3. The molecule has 9 heteroatoms. The van der Waals surface area contributed by atoms with Crippen molar-refractivity contribution in [2.45, 2.75) is 11.8 Å². The van der Waals surface area contributed by atoms with E-state index < -0.39 is 10.0 Å². The lowest BCUT2D eigenvalue weighted by molar-refractivity contribution is 0.0698. The van der Waals surface area contributed by atoms with Crippen LogP contribution in [0.3, 0.4) is 0 Å². The molecule has 8 nitrogen and oxygen atoms in total. The van der Waals surface area contributed by atoms with E-state index in [1.807, 2.05) is 6.92 Å². The summed E-state index contributed by atoms with van der Waals surface area (Å²) in [6.45, 7) is 4.43. The summed E-state index contributed by atoms with van der Waals surface area (Å²) < 4.78 is 43.8. The molecule has 0 N–H and O–H groups in total. The van der Waals surface area contributed by atoms with E-state index in [1.54, 1.807) is 35.2 Å². The van der Waals surface area contributed by atoms with Gasteiger partial charge in [0.1, 0.15) is 19.0 Å². The summed E-state index contributed by atoms with van der Waals surface area (Å²) in [5.41, 5.74) is 0.557. The van der Waals surface area contributed by atoms with E-state index in [2.05, 4.69) is 0 Å². The van der Waals surface area contributed by atoms with E-state index in [4.69, 9.17) is 14.2 Å². The summed E-state index contributed by atoms with van der Waals surface area (Å²) in [6.07, 6.45) is 0. The Balaban J connectivity index is 1.41. The van der Waals surface area contributed by atoms with Crippen molar-refractivity contribution < 1.29 is 27.4 Å². The summed E-state index contributed by atoms with van der Waals surface area (Å²) in [5.74, 6) is 1.58. The summed E-state index contributed by atoms with van der Waals surface area (Å²) in [4.78, 5) is 14.6. The molecule has 160 valence electrons. The maximum atomic E-state index is 13.0. The molecule has 0 unspecified atom stereocenters. The molecule has 2 aliphatic heterocycles. The molecular weight excluding hydrogens is 408 g/mol. The average Bonchev–Trinajstić information content (AvgIpc) is 2.79. The van der Waals surface area contributed by atoms with Crippen LogP contribution in [0, 0.1) is 0 Å². The van der Waals surface area contributed by atoms with Gasteiger partial charge in [0.05, 0.1) is 11.5 Å². The molecule has 0 saturated carbocycles. The summed E-state index contributed by atoms with van der Waals surface area (Å²) in [6, 6.07) is 11.6. The van der Waals surface area contributed by atoms with E-state index in [0.29, 0.717) is 55.7 Å². The average molecular weight is 432 g/mol. The zero-order valence-electron chi connectivity index (χ0n) is 16.7. The monoisotopic (exact) mass is 432 g/mol. The molecule has 4 rings (SSSR count). The summed E-state index contributed by atoms with van der Waals surface area (Å²) in [7, 11) is -3.68. The van der Waals surface area contributed by atoms with Crippen LogP contribution in [0.1, 0.15) is 17.3 Å². The highest BCUT2D eigenvalue weighted by Gasteiger charge is 2.31. The van der Waals surface area contributed by atoms with Crippen LogP contribution in [0.4, 0.5) is 0 Å².